The van der Waals surface area contributed by atoms with E-state index in [9.17, 15) is 8.78 Å². The van der Waals surface area contributed by atoms with Crippen molar-refractivity contribution in [3.63, 3.8) is 0 Å². The lowest BCUT2D eigenvalue weighted by atomic mass is 10.0. The lowest BCUT2D eigenvalue weighted by Crippen LogP contribution is -2.08. The van der Waals surface area contributed by atoms with Crippen LogP contribution in [0.2, 0.25) is 0 Å². The third kappa shape index (κ3) is 1.76. The van der Waals surface area contributed by atoms with Crippen LogP contribution in [-0.2, 0) is 6.42 Å². The molecule has 1 unspecified atom stereocenters. The van der Waals surface area contributed by atoms with Crippen molar-refractivity contribution >= 4 is 15.9 Å². The summed E-state index contributed by atoms with van der Waals surface area (Å²) in [4.78, 5) is 4.21. The molecule has 88 valence electrons. The summed E-state index contributed by atoms with van der Waals surface area (Å²) in [6.45, 7) is 0. The molecule has 1 atom stereocenters. The first-order valence-electron chi connectivity index (χ1n) is 5.21. The topological polar surface area (TPSA) is 30.7 Å². The molecule has 1 aromatic carbocycles. The molecule has 2 heterocycles. The van der Waals surface area contributed by atoms with Crippen LogP contribution in [-0.4, -0.2) is 14.8 Å². The molecule has 1 aliphatic heterocycles. The third-order valence-corrected chi connectivity index (χ3v) is 3.28. The molecular weight excluding hydrogens is 292 g/mol. The highest BCUT2D eigenvalue weighted by molar-refractivity contribution is 9.10. The molecule has 0 radical (unpaired) electrons. The van der Waals surface area contributed by atoms with E-state index in [1.54, 1.807) is 10.7 Å². The van der Waals surface area contributed by atoms with Gasteiger partial charge in [-0.1, -0.05) is 6.07 Å². The van der Waals surface area contributed by atoms with Gasteiger partial charge in [-0.05, 0) is 40.0 Å². The molecule has 0 spiro atoms. The van der Waals surface area contributed by atoms with E-state index in [1.807, 2.05) is 0 Å². The predicted molar refractivity (Wildman–Crippen MR) is 60.5 cm³/mol. The molecule has 0 bridgehead atoms. The molecule has 0 N–H and O–H groups in total. The summed E-state index contributed by atoms with van der Waals surface area (Å²) in [7, 11) is 0. The standard InChI is InChI=1S/C11H8BrF2N3/c12-11-15-10-4-3-9(17(10)16-11)6-1-2-7(13)8(14)5-6/h1-2,5,9H,3-4H2. The number of halogens is 3. The zero-order chi connectivity index (χ0) is 12.0. The quantitative estimate of drug-likeness (QED) is 0.811. The van der Waals surface area contributed by atoms with Crippen molar-refractivity contribution in [1.82, 2.24) is 14.8 Å². The average Bonchev–Trinajstić information content (AvgIpc) is 2.81. The van der Waals surface area contributed by atoms with Gasteiger partial charge in [-0.15, -0.1) is 5.10 Å². The number of benzene rings is 1. The van der Waals surface area contributed by atoms with Gasteiger partial charge in [0.15, 0.2) is 11.6 Å². The van der Waals surface area contributed by atoms with E-state index < -0.39 is 11.6 Å². The first kappa shape index (κ1) is 10.8. The minimum Gasteiger partial charge on any atom is -0.241 e. The van der Waals surface area contributed by atoms with Crippen LogP contribution in [0.15, 0.2) is 22.9 Å². The smallest absolute Gasteiger partial charge is 0.217 e. The molecule has 0 saturated carbocycles. The van der Waals surface area contributed by atoms with Crippen molar-refractivity contribution in [2.24, 2.45) is 0 Å². The third-order valence-electron chi connectivity index (χ3n) is 2.94. The molecule has 17 heavy (non-hydrogen) atoms. The second-order valence-corrected chi connectivity index (χ2v) is 4.68. The van der Waals surface area contributed by atoms with Crippen LogP contribution in [0.1, 0.15) is 23.9 Å². The maximum Gasteiger partial charge on any atom is 0.217 e. The second kappa shape index (κ2) is 3.87. The Balaban J connectivity index is 2.03. The number of aromatic nitrogens is 3. The largest absolute Gasteiger partial charge is 0.241 e. The van der Waals surface area contributed by atoms with Gasteiger partial charge in [0.2, 0.25) is 4.73 Å². The number of hydrogen-bond donors (Lipinski definition) is 0. The Labute approximate surface area is 105 Å². The SMILES string of the molecule is Fc1ccc(C2CCc3nc(Br)nn32)cc1F. The van der Waals surface area contributed by atoms with E-state index in [1.165, 1.54) is 6.07 Å². The van der Waals surface area contributed by atoms with Gasteiger partial charge in [0.25, 0.3) is 0 Å². The van der Waals surface area contributed by atoms with Crippen molar-refractivity contribution in [1.29, 1.82) is 0 Å². The van der Waals surface area contributed by atoms with E-state index in [0.29, 0.717) is 4.73 Å². The van der Waals surface area contributed by atoms with E-state index in [4.69, 9.17) is 0 Å². The highest BCUT2D eigenvalue weighted by Gasteiger charge is 2.27. The maximum atomic E-state index is 13.2. The van der Waals surface area contributed by atoms with Crippen LogP contribution in [0.25, 0.3) is 0 Å². The van der Waals surface area contributed by atoms with Gasteiger partial charge in [-0.25, -0.2) is 18.4 Å². The number of hydrogen-bond acceptors (Lipinski definition) is 2. The second-order valence-electron chi connectivity index (χ2n) is 3.97. The minimum atomic E-state index is -0.827. The molecule has 6 heteroatoms. The summed E-state index contributed by atoms with van der Waals surface area (Å²) in [5.74, 6) is -0.784. The summed E-state index contributed by atoms with van der Waals surface area (Å²) in [5.41, 5.74) is 0.722. The Morgan fingerprint density at radius 2 is 2.12 bits per heavy atom. The molecule has 3 rings (SSSR count). The average molecular weight is 300 g/mol. The van der Waals surface area contributed by atoms with Gasteiger partial charge in [0.05, 0.1) is 6.04 Å². The first-order chi connectivity index (χ1) is 8.15. The summed E-state index contributed by atoms with van der Waals surface area (Å²) >= 11 is 3.21. The zero-order valence-corrected chi connectivity index (χ0v) is 10.3. The van der Waals surface area contributed by atoms with Gasteiger partial charge < -0.3 is 0 Å². The molecule has 3 nitrogen and oxygen atoms in total. The number of rotatable bonds is 1. The Kier molecular flexibility index (Phi) is 2.47. The normalized spacial score (nSPS) is 18.4. The lowest BCUT2D eigenvalue weighted by molar-refractivity contribution is 0.497. The maximum absolute atomic E-state index is 13.2. The molecule has 0 saturated heterocycles. The van der Waals surface area contributed by atoms with Gasteiger partial charge >= 0.3 is 0 Å². The van der Waals surface area contributed by atoms with Crippen LogP contribution >= 0.6 is 15.9 Å². The van der Waals surface area contributed by atoms with E-state index in [2.05, 4.69) is 26.0 Å². The van der Waals surface area contributed by atoms with Gasteiger partial charge in [0.1, 0.15) is 5.82 Å². The van der Waals surface area contributed by atoms with Crippen molar-refractivity contribution < 1.29 is 8.78 Å². The summed E-state index contributed by atoms with van der Waals surface area (Å²) in [5, 5.41) is 4.21. The predicted octanol–water partition coefficient (Wildman–Crippen LogP) is 2.85. The Hall–Kier alpha value is -1.30. The van der Waals surface area contributed by atoms with Crippen LogP contribution in [0.4, 0.5) is 8.78 Å². The van der Waals surface area contributed by atoms with Gasteiger partial charge in [0, 0.05) is 6.42 Å². The van der Waals surface area contributed by atoms with Crippen LogP contribution < -0.4 is 0 Å². The van der Waals surface area contributed by atoms with Crippen LogP contribution in [0.5, 0.6) is 0 Å². The first-order valence-corrected chi connectivity index (χ1v) is 6.00. The summed E-state index contributed by atoms with van der Waals surface area (Å²) < 4.78 is 28.3. The Bertz CT molecular complexity index is 582. The van der Waals surface area contributed by atoms with Gasteiger partial charge in [-0.3, -0.25) is 0 Å². The molecule has 2 aromatic rings. The highest BCUT2D eigenvalue weighted by Crippen LogP contribution is 2.31. The van der Waals surface area contributed by atoms with E-state index in [-0.39, 0.29) is 6.04 Å². The van der Waals surface area contributed by atoms with Gasteiger partial charge in [-0.2, -0.15) is 0 Å². The Morgan fingerprint density at radius 3 is 2.88 bits per heavy atom. The Morgan fingerprint density at radius 1 is 1.29 bits per heavy atom. The van der Waals surface area contributed by atoms with Crippen LogP contribution in [0.3, 0.4) is 0 Å². The van der Waals surface area contributed by atoms with Crippen molar-refractivity contribution in [3.05, 3.63) is 46.0 Å². The highest BCUT2D eigenvalue weighted by atomic mass is 79.9. The minimum absolute atomic E-state index is 0.0566. The van der Waals surface area contributed by atoms with Crippen LogP contribution in [0, 0.1) is 11.6 Å². The summed E-state index contributed by atoms with van der Waals surface area (Å²) in [6, 6.07) is 3.91. The molecule has 0 fully saturated rings. The molecule has 0 aliphatic carbocycles. The fourth-order valence-corrected chi connectivity index (χ4v) is 2.54. The van der Waals surface area contributed by atoms with Crippen molar-refractivity contribution in [3.8, 4) is 0 Å². The fourth-order valence-electron chi connectivity index (χ4n) is 2.16. The number of nitrogens with zero attached hydrogens (tertiary/aromatic N) is 3. The molecular formula is C11H8BrF2N3. The van der Waals surface area contributed by atoms with Crippen molar-refractivity contribution in [2.45, 2.75) is 18.9 Å². The van der Waals surface area contributed by atoms with E-state index >= 15 is 0 Å². The molecule has 1 aliphatic rings. The van der Waals surface area contributed by atoms with Crippen molar-refractivity contribution in [2.75, 3.05) is 0 Å². The molecule has 0 amide bonds. The number of aryl methyl sites for hydroxylation is 1. The lowest BCUT2D eigenvalue weighted by Gasteiger charge is -2.11. The number of fused-ring (bicyclic) bond motifs is 1. The summed E-state index contributed by atoms with van der Waals surface area (Å²) in [6.07, 6.45) is 1.61. The zero-order valence-electron chi connectivity index (χ0n) is 8.70. The fraction of sp³-hybridized carbons (Fsp3) is 0.273. The molecule has 1 aromatic heterocycles. The van der Waals surface area contributed by atoms with E-state index in [0.717, 1.165) is 30.3 Å². The monoisotopic (exact) mass is 299 g/mol.